The third kappa shape index (κ3) is 8.28. The van der Waals surface area contributed by atoms with E-state index in [0.29, 0.717) is 5.41 Å². The van der Waals surface area contributed by atoms with E-state index in [1.807, 2.05) is 0 Å². The minimum atomic E-state index is -0.568. The fourth-order valence-electron chi connectivity index (χ4n) is 4.96. The van der Waals surface area contributed by atoms with Crippen molar-refractivity contribution in [2.75, 3.05) is 0 Å². The van der Waals surface area contributed by atoms with Crippen LogP contribution in [0.4, 0.5) is 0 Å². The Morgan fingerprint density at radius 3 is 2.03 bits per heavy atom. The molecule has 0 radical (unpaired) electrons. The maximum absolute atomic E-state index is 11.3. The number of hydrogen-bond acceptors (Lipinski definition) is 1. The van der Waals surface area contributed by atoms with Gasteiger partial charge < -0.3 is 5.11 Å². The summed E-state index contributed by atoms with van der Waals surface area (Å²) in [5, 5.41) is 9.32. The molecule has 176 valence electrons. The highest BCUT2D eigenvalue weighted by molar-refractivity contribution is 5.77. The highest BCUT2D eigenvalue weighted by atomic mass is 16.4. The smallest absolute Gasteiger partial charge is 0.309 e. The molecule has 0 saturated heterocycles. The number of rotatable bonds is 14. The van der Waals surface area contributed by atoms with Crippen molar-refractivity contribution in [3.63, 3.8) is 0 Å². The van der Waals surface area contributed by atoms with Crippen LogP contribution in [-0.2, 0) is 17.6 Å². The molecule has 1 aliphatic rings. The van der Waals surface area contributed by atoms with Crippen LogP contribution in [0.3, 0.4) is 0 Å². The first-order valence-corrected chi connectivity index (χ1v) is 12.9. The van der Waals surface area contributed by atoms with Crippen LogP contribution in [0.1, 0.15) is 126 Å². The van der Waals surface area contributed by atoms with Gasteiger partial charge in [-0.1, -0.05) is 65.4 Å². The van der Waals surface area contributed by atoms with Crippen molar-refractivity contribution in [1.29, 1.82) is 0 Å². The van der Waals surface area contributed by atoms with Crippen LogP contribution in [0.2, 0.25) is 0 Å². The number of carbonyl (C=O) groups is 1. The molecule has 1 aliphatic carbocycles. The quantitative estimate of drug-likeness (QED) is 0.301. The van der Waals surface area contributed by atoms with Crippen molar-refractivity contribution in [1.82, 2.24) is 0 Å². The van der Waals surface area contributed by atoms with Crippen LogP contribution >= 0.6 is 0 Å². The average molecular weight is 429 g/mol. The van der Waals surface area contributed by atoms with Gasteiger partial charge in [0.2, 0.25) is 0 Å². The number of carboxylic acids is 1. The Morgan fingerprint density at radius 2 is 1.45 bits per heavy atom. The van der Waals surface area contributed by atoms with Crippen LogP contribution in [0, 0.1) is 31.6 Å². The lowest BCUT2D eigenvalue weighted by molar-refractivity contribution is -0.143. The zero-order chi connectivity index (χ0) is 23.1. The summed E-state index contributed by atoms with van der Waals surface area (Å²) in [6.45, 7) is 13.9. The summed E-state index contributed by atoms with van der Waals surface area (Å²) < 4.78 is 0. The number of unbranched alkanes of at least 4 members (excludes halogenated alkanes) is 6. The molecule has 0 spiro atoms. The van der Waals surface area contributed by atoms with E-state index < -0.39 is 5.97 Å². The summed E-state index contributed by atoms with van der Waals surface area (Å²) in [6, 6.07) is 2.45. The standard InChI is InChI=1S/C29H48O2/c1-22-21-25(15-11-7-9-13-17-28(4,5)6)26(24(3)23(22)2)16-12-8-10-14-18-29(19-20-29)27(30)31/h21H,7-20H2,1-6H3,(H,30,31). The first-order valence-electron chi connectivity index (χ1n) is 12.9. The second-order valence-electron chi connectivity index (χ2n) is 11.6. The molecule has 0 aromatic heterocycles. The van der Waals surface area contributed by atoms with Gasteiger partial charge in [0.25, 0.3) is 0 Å². The van der Waals surface area contributed by atoms with Gasteiger partial charge in [-0.05, 0) is 105 Å². The normalized spacial score (nSPS) is 15.3. The van der Waals surface area contributed by atoms with Gasteiger partial charge in [-0.25, -0.2) is 0 Å². The van der Waals surface area contributed by atoms with E-state index in [-0.39, 0.29) is 5.41 Å². The summed E-state index contributed by atoms with van der Waals surface area (Å²) in [5.74, 6) is -0.568. The summed E-state index contributed by atoms with van der Waals surface area (Å²) in [4.78, 5) is 11.3. The molecule has 1 fully saturated rings. The largest absolute Gasteiger partial charge is 0.481 e. The van der Waals surface area contributed by atoms with Gasteiger partial charge >= 0.3 is 5.97 Å². The van der Waals surface area contributed by atoms with Crippen molar-refractivity contribution in [2.45, 2.75) is 131 Å². The van der Waals surface area contributed by atoms with Crippen molar-refractivity contribution >= 4 is 5.97 Å². The minimum Gasteiger partial charge on any atom is -0.481 e. The molecule has 0 heterocycles. The topological polar surface area (TPSA) is 37.3 Å². The molecule has 2 heteroatoms. The molecule has 0 unspecified atom stereocenters. The Hall–Kier alpha value is -1.31. The van der Waals surface area contributed by atoms with E-state index in [1.54, 1.807) is 11.1 Å². The predicted molar refractivity (Wildman–Crippen MR) is 133 cm³/mol. The lowest BCUT2D eigenvalue weighted by Gasteiger charge is -2.19. The van der Waals surface area contributed by atoms with Gasteiger partial charge in [-0.15, -0.1) is 0 Å². The van der Waals surface area contributed by atoms with Gasteiger partial charge in [0.1, 0.15) is 0 Å². The second-order valence-corrected chi connectivity index (χ2v) is 11.6. The van der Waals surface area contributed by atoms with E-state index >= 15 is 0 Å². The molecule has 1 aromatic carbocycles. The van der Waals surface area contributed by atoms with Gasteiger partial charge in [0.15, 0.2) is 0 Å². The molecule has 0 aliphatic heterocycles. The third-order valence-electron chi connectivity index (χ3n) is 7.65. The lowest BCUT2D eigenvalue weighted by atomic mass is 9.87. The molecule has 31 heavy (non-hydrogen) atoms. The number of aryl methyl sites for hydroxylation is 2. The summed E-state index contributed by atoms with van der Waals surface area (Å²) in [6.07, 6.45) is 16.4. The Balaban J connectivity index is 1.78. The van der Waals surface area contributed by atoms with Gasteiger partial charge in [-0.2, -0.15) is 0 Å². The van der Waals surface area contributed by atoms with E-state index in [9.17, 15) is 9.90 Å². The molecule has 1 N–H and O–H groups in total. The van der Waals surface area contributed by atoms with Crippen LogP contribution in [0.25, 0.3) is 0 Å². The summed E-state index contributed by atoms with van der Waals surface area (Å²) in [5.41, 5.74) is 7.70. The van der Waals surface area contributed by atoms with Crippen LogP contribution < -0.4 is 0 Å². The molecule has 1 aromatic rings. The van der Waals surface area contributed by atoms with E-state index in [2.05, 4.69) is 47.6 Å². The van der Waals surface area contributed by atoms with Crippen molar-refractivity contribution < 1.29 is 9.90 Å². The van der Waals surface area contributed by atoms with Gasteiger partial charge in [0.05, 0.1) is 5.41 Å². The SMILES string of the molecule is Cc1cc(CCCCCCC(C)(C)C)c(CCCCCCC2(C(=O)O)CC2)c(C)c1C. The van der Waals surface area contributed by atoms with Crippen LogP contribution in [-0.4, -0.2) is 11.1 Å². The molecule has 0 atom stereocenters. The van der Waals surface area contributed by atoms with Gasteiger partial charge in [-0.3, -0.25) is 4.79 Å². The fourth-order valence-corrected chi connectivity index (χ4v) is 4.96. The van der Waals surface area contributed by atoms with E-state index in [4.69, 9.17) is 0 Å². The Morgan fingerprint density at radius 1 is 0.871 bits per heavy atom. The Bertz CT molecular complexity index is 719. The van der Waals surface area contributed by atoms with Crippen molar-refractivity contribution in [3.05, 3.63) is 33.9 Å². The number of carboxylic acid groups (broad SMARTS) is 1. The number of hydrogen-bond donors (Lipinski definition) is 1. The maximum atomic E-state index is 11.3. The zero-order valence-corrected chi connectivity index (χ0v) is 21.3. The molecule has 0 amide bonds. The third-order valence-corrected chi connectivity index (χ3v) is 7.65. The highest BCUT2D eigenvalue weighted by Crippen LogP contribution is 2.50. The Kier molecular flexibility index (Phi) is 9.65. The average Bonchev–Trinajstić information content (AvgIpc) is 3.47. The molecule has 0 bridgehead atoms. The second kappa shape index (κ2) is 11.5. The molecule has 2 nitrogen and oxygen atoms in total. The fraction of sp³-hybridized carbons (Fsp3) is 0.759. The van der Waals surface area contributed by atoms with Crippen LogP contribution in [0.5, 0.6) is 0 Å². The first-order chi connectivity index (χ1) is 14.6. The summed E-state index contributed by atoms with van der Waals surface area (Å²) >= 11 is 0. The van der Waals surface area contributed by atoms with E-state index in [0.717, 1.165) is 25.7 Å². The predicted octanol–water partition coefficient (Wildman–Crippen LogP) is 8.51. The monoisotopic (exact) mass is 428 g/mol. The highest BCUT2D eigenvalue weighted by Gasteiger charge is 2.49. The van der Waals surface area contributed by atoms with Crippen LogP contribution in [0.15, 0.2) is 6.07 Å². The zero-order valence-electron chi connectivity index (χ0n) is 21.3. The van der Waals surface area contributed by atoms with Gasteiger partial charge in [0, 0.05) is 0 Å². The molecule has 1 saturated carbocycles. The molecule has 2 rings (SSSR count). The molecular formula is C29H48O2. The minimum absolute atomic E-state index is 0.343. The first kappa shape index (κ1) is 25.9. The number of aliphatic carboxylic acids is 1. The lowest BCUT2D eigenvalue weighted by Crippen LogP contribution is -2.14. The molecular weight excluding hydrogens is 380 g/mol. The van der Waals surface area contributed by atoms with Crippen molar-refractivity contribution in [2.24, 2.45) is 10.8 Å². The Labute approximate surface area is 192 Å². The maximum Gasteiger partial charge on any atom is 0.309 e. The summed E-state index contributed by atoms with van der Waals surface area (Å²) in [7, 11) is 0. The van der Waals surface area contributed by atoms with Crippen molar-refractivity contribution in [3.8, 4) is 0 Å². The number of benzene rings is 1. The van der Waals surface area contributed by atoms with E-state index in [1.165, 1.54) is 80.9 Å².